The lowest BCUT2D eigenvalue weighted by Gasteiger charge is -2.11. The first-order valence-electron chi connectivity index (χ1n) is 5.61. The highest BCUT2D eigenvalue weighted by Crippen LogP contribution is 2.28. The summed E-state index contributed by atoms with van der Waals surface area (Å²) in [4.78, 5) is 12.2. The van der Waals surface area contributed by atoms with E-state index in [0.717, 1.165) is 3.57 Å². The van der Waals surface area contributed by atoms with Crippen LogP contribution in [0, 0.1) is 3.57 Å². The molecule has 0 saturated heterocycles. The number of carbonyl (C=O) groups excluding carboxylic acids is 1. The molecule has 0 unspecified atom stereocenters. The van der Waals surface area contributed by atoms with Crippen molar-refractivity contribution in [3.8, 4) is 5.75 Å². The summed E-state index contributed by atoms with van der Waals surface area (Å²) >= 11 is 13.9. The van der Waals surface area contributed by atoms with E-state index < -0.39 is 0 Å². The number of carbonyl (C=O) groups is 1. The molecule has 0 aliphatic heterocycles. The van der Waals surface area contributed by atoms with Crippen LogP contribution < -0.4 is 10.1 Å². The summed E-state index contributed by atoms with van der Waals surface area (Å²) in [5.74, 6) is 0.298. The van der Waals surface area contributed by atoms with Crippen molar-refractivity contribution < 1.29 is 9.53 Å². The van der Waals surface area contributed by atoms with Crippen LogP contribution >= 0.6 is 45.8 Å². The molecule has 2 aromatic carbocycles. The molecule has 20 heavy (non-hydrogen) atoms. The minimum Gasteiger partial charge on any atom is -0.495 e. The number of hydrogen-bond donors (Lipinski definition) is 1. The maximum atomic E-state index is 12.2. The lowest BCUT2D eigenvalue weighted by Crippen LogP contribution is -2.12. The summed E-state index contributed by atoms with van der Waals surface area (Å²) < 4.78 is 6.00. The van der Waals surface area contributed by atoms with Gasteiger partial charge < -0.3 is 10.1 Å². The Morgan fingerprint density at radius 2 is 1.95 bits per heavy atom. The highest BCUT2D eigenvalue weighted by atomic mass is 127. The third-order valence-corrected chi connectivity index (χ3v) is 4.37. The van der Waals surface area contributed by atoms with Gasteiger partial charge in [0, 0.05) is 14.2 Å². The van der Waals surface area contributed by atoms with Crippen molar-refractivity contribution in [1.82, 2.24) is 0 Å². The van der Waals surface area contributed by atoms with E-state index in [1.54, 1.807) is 36.4 Å². The smallest absolute Gasteiger partial charge is 0.255 e. The molecule has 0 aromatic heterocycles. The number of hydrogen-bond acceptors (Lipinski definition) is 2. The van der Waals surface area contributed by atoms with Crippen LogP contribution in [0.3, 0.4) is 0 Å². The summed E-state index contributed by atoms with van der Waals surface area (Å²) in [6.07, 6.45) is 0. The number of halogens is 3. The first-order chi connectivity index (χ1) is 9.51. The molecule has 104 valence electrons. The first-order valence-corrected chi connectivity index (χ1v) is 7.44. The van der Waals surface area contributed by atoms with Crippen molar-refractivity contribution in [3.63, 3.8) is 0 Å². The van der Waals surface area contributed by atoms with Gasteiger partial charge in [0.05, 0.1) is 17.8 Å². The molecule has 0 atom stereocenters. The number of ether oxygens (including phenoxy) is 1. The van der Waals surface area contributed by atoms with E-state index in [1.165, 1.54) is 7.11 Å². The van der Waals surface area contributed by atoms with Crippen LogP contribution in [-0.4, -0.2) is 13.0 Å². The molecule has 2 rings (SSSR count). The van der Waals surface area contributed by atoms with Gasteiger partial charge in [-0.25, -0.2) is 0 Å². The average molecular weight is 422 g/mol. The van der Waals surface area contributed by atoms with Crippen LogP contribution in [0.25, 0.3) is 0 Å². The molecule has 2 aromatic rings. The van der Waals surface area contributed by atoms with E-state index in [4.69, 9.17) is 27.9 Å². The van der Waals surface area contributed by atoms with Gasteiger partial charge in [-0.1, -0.05) is 23.2 Å². The number of anilines is 1. The largest absolute Gasteiger partial charge is 0.495 e. The van der Waals surface area contributed by atoms with Crippen LogP contribution in [0.1, 0.15) is 10.4 Å². The highest BCUT2D eigenvalue weighted by Gasteiger charge is 2.11. The Hall–Kier alpha value is -0.980. The summed E-state index contributed by atoms with van der Waals surface area (Å²) in [6, 6.07) is 10.1. The summed E-state index contributed by atoms with van der Waals surface area (Å²) in [5.41, 5.74) is 1.04. The quantitative estimate of drug-likeness (QED) is 0.718. The van der Waals surface area contributed by atoms with E-state index >= 15 is 0 Å². The number of benzene rings is 2. The fraction of sp³-hybridized carbons (Fsp3) is 0.0714. The van der Waals surface area contributed by atoms with E-state index in [0.29, 0.717) is 27.0 Å². The normalized spacial score (nSPS) is 10.2. The fourth-order valence-electron chi connectivity index (χ4n) is 1.61. The van der Waals surface area contributed by atoms with Crippen molar-refractivity contribution in [2.24, 2.45) is 0 Å². The van der Waals surface area contributed by atoms with Crippen LogP contribution in [-0.2, 0) is 0 Å². The second kappa shape index (κ2) is 6.65. The third-order valence-electron chi connectivity index (χ3n) is 2.59. The predicted octanol–water partition coefficient (Wildman–Crippen LogP) is 4.86. The van der Waals surface area contributed by atoms with Gasteiger partial charge in [0.15, 0.2) is 0 Å². The molecule has 6 heteroatoms. The minimum absolute atomic E-state index is 0.250. The lowest BCUT2D eigenvalue weighted by molar-refractivity contribution is 0.102. The van der Waals surface area contributed by atoms with E-state index in [-0.39, 0.29) is 5.91 Å². The number of amides is 1. The first kappa shape index (κ1) is 15.4. The summed E-state index contributed by atoms with van der Waals surface area (Å²) in [5, 5.41) is 3.90. The van der Waals surface area contributed by atoms with Gasteiger partial charge in [-0.15, -0.1) is 0 Å². The van der Waals surface area contributed by atoms with Crippen LogP contribution in [0.5, 0.6) is 5.75 Å². The van der Waals surface area contributed by atoms with Gasteiger partial charge in [-0.2, -0.15) is 0 Å². The third kappa shape index (κ3) is 3.56. The topological polar surface area (TPSA) is 38.3 Å². The van der Waals surface area contributed by atoms with E-state index in [9.17, 15) is 4.79 Å². The average Bonchev–Trinajstić information content (AvgIpc) is 2.42. The molecule has 0 fully saturated rings. The summed E-state index contributed by atoms with van der Waals surface area (Å²) in [6.45, 7) is 0. The van der Waals surface area contributed by atoms with Crippen LogP contribution in [0.2, 0.25) is 10.0 Å². The Labute approximate surface area is 140 Å². The molecule has 0 bridgehead atoms. The van der Waals surface area contributed by atoms with Gasteiger partial charge >= 0.3 is 0 Å². The second-order valence-corrected chi connectivity index (χ2v) is 5.93. The van der Waals surface area contributed by atoms with E-state index in [1.807, 2.05) is 0 Å². The van der Waals surface area contributed by atoms with Gasteiger partial charge in [0.2, 0.25) is 0 Å². The molecule has 3 nitrogen and oxygen atoms in total. The molecule has 0 aliphatic rings. The molecule has 0 aliphatic carbocycles. The highest BCUT2D eigenvalue weighted by molar-refractivity contribution is 14.1. The maximum Gasteiger partial charge on any atom is 0.255 e. The molecule has 0 saturated carbocycles. The molecule has 0 spiro atoms. The van der Waals surface area contributed by atoms with Gasteiger partial charge in [0.25, 0.3) is 5.91 Å². The number of nitrogens with one attached hydrogen (secondary N) is 1. The Morgan fingerprint density at radius 3 is 2.60 bits per heavy atom. The van der Waals surface area contributed by atoms with Gasteiger partial charge in [-0.3, -0.25) is 4.79 Å². The molecule has 1 amide bonds. The number of rotatable bonds is 3. The van der Waals surface area contributed by atoms with Crippen molar-refractivity contribution in [3.05, 3.63) is 55.6 Å². The zero-order valence-electron chi connectivity index (χ0n) is 10.4. The zero-order valence-corrected chi connectivity index (χ0v) is 14.1. The maximum absolute atomic E-state index is 12.2. The minimum atomic E-state index is -0.250. The molecular weight excluding hydrogens is 412 g/mol. The summed E-state index contributed by atoms with van der Waals surface area (Å²) in [7, 11) is 1.53. The number of methoxy groups -OCH3 is 1. The Bertz CT molecular complexity index is 662. The standard InChI is InChI=1S/C14H10Cl2INO2/c1-20-13-5-3-9(15)7-12(13)18-14(19)8-2-4-10(16)11(17)6-8/h2-7H,1H3,(H,18,19). The Balaban J connectivity index is 2.27. The second-order valence-electron chi connectivity index (χ2n) is 3.93. The Morgan fingerprint density at radius 1 is 1.20 bits per heavy atom. The van der Waals surface area contributed by atoms with Crippen molar-refractivity contribution >= 4 is 57.4 Å². The van der Waals surface area contributed by atoms with Gasteiger partial charge in [-0.05, 0) is 59.0 Å². The van der Waals surface area contributed by atoms with Crippen LogP contribution in [0.4, 0.5) is 5.69 Å². The SMILES string of the molecule is COc1ccc(Cl)cc1NC(=O)c1ccc(Cl)c(I)c1. The van der Waals surface area contributed by atoms with Crippen molar-refractivity contribution in [2.45, 2.75) is 0 Å². The van der Waals surface area contributed by atoms with Crippen LogP contribution in [0.15, 0.2) is 36.4 Å². The Kier molecular flexibility index (Phi) is 5.12. The fourth-order valence-corrected chi connectivity index (χ4v) is 2.41. The monoisotopic (exact) mass is 421 g/mol. The van der Waals surface area contributed by atoms with Crippen molar-refractivity contribution in [1.29, 1.82) is 0 Å². The van der Waals surface area contributed by atoms with Crippen molar-refractivity contribution in [2.75, 3.05) is 12.4 Å². The molecule has 0 radical (unpaired) electrons. The van der Waals surface area contributed by atoms with Gasteiger partial charge in [0.1, 0.15) is 5.75 Å². The molecule has 0 heterocycles. The molecular formula is C14H10Cl2INO2. The molecule has 1 N–H and O–H groups in total. The van der Waals surface area contributed by atoms with E-state index in [2.05, 4.69) is 27.9 Å². The predicted molar refractivity (Wildman–Crippen MR) is 90.1 cm³/mol. The zero-order chi connectivity index (χ0) is 14.7. The lowest BCUT2D eigenvalue weighted by atomic mass is 10.2.